The maximum atomic E-state index is 11.3. The first-order valence-electron chi connectivity index (χ1n) is 5.63. The summed E-state index contributed by atoms with van der Waals surface area (Å²) < 4.78 is 4.64. The summed E-state index contributed by atoms with van der Waals surface area (Å²) >= 11 is 0. The summed E-state index contributed by atoms with van der Waals surface area (Å²) in [6, 6.07) is 5.91. The van der Waals surface area contributed by atoms with Crippen LogP contribution in [0, 0.1) is 10.1 Å². The van der Waals surface area contributed by atoms with Crippen molar-refractivity contribution in [2.75, 3.05) is 7.11 Å². The highest BCUT2D eigenvalue weighted by Crippen LogP contribution is 2.13. The Kier molecular flexibility index (Phi) is 5.26. The second-order valence-electron chi connectivity index (χ2n) is 3.79. The maximum Gasteiger partial charge on any atom is 0.322 e. The van der Waals surface area contributed by atoms with E-state index in [2.05, 4.69) is 10.1 Å². The highest BCUT2D eigenvalue weighted by Gasteiger charge is 2.16. The van der Waals surface area contributed by atoms with Crippen LogP contribution < -0.4 is 5.32 Å². The zero-order valence-electron chi connectivity index (χ0n) is 10.4. The number of non-ortho nitro benzene ring substituents is 1. The van der Waals surface area contributed by atoms with Gasteiger partial charge in [0.15, 0.2) is 0 Å². The molecule has 0 saturated carbocycles. The number of esters is 1. The molecule has 0 radical (unpaired) electrons. The fourth-order valence-corrected chi connectivity index (χ4v) is 1.56. The number of rotatable bonds is 6. The number of nitro benzene ring substituents is 1. The first kappa shape index (κ1) is 14.1. The molecule has 6 nitrogen and oxygen atoms in total. The van der Waals surface area contributed by atoms with E-state index in [4.69, 9.17) is 0 Å². The van der Waals surface area contributed by atoms with Crippen LogP contribution in [0.1, 0.15) is 18.9 Å². The number of nitrogens with zero attached hydrogens (tertiary/aromatic N) is 1. The van der Waals surface area contributed by atoms with Crippen LogP contribution in [-0.2, 0) is 16.1 Å². The van der Waals surface area contributed by atoms with Crippen molar-refractivity contribution in [1.29, 1.82) is 0 Å². The van der Waals surface area contributed by atoms with Gasteiger partial charge < -0.3 is 10.1 Å². The molecule has 0 aliphatic carbocycles. The lowest BCUT2D eigenvalue weighted by molar-refractivity contribution is -0.384. The molecule has 0 saturated heterocycles. The summed E-state index contributed by atoms with van der Waals surface area (Å²) in [5.74, 6) is -0.331. The van der Waals surface area contributed by atoms with Crippen LogP contribution in [0.5, 0.6) is 0 Å². The van der Waals surface area contributed by atoms with Crippen LogP contribution in [0.3, 0.4) is 0 Å². The third-order valence-electron chi connectivity index (χ3n) is 2.57. The third-order valence-corrected chi connectivity index (χ3v) is 2.57. The number of carbonyl (C=O) groups excluding carboxylic acids is 1. The quantitative estimate of drug-likeness (QED) is 0.473. The SMILES string of the molecule is CCC(NCc1cccc([N+](=O)[O-])c1)C(=O)OC. The Morgan fingerprint density at radius 1 is 1.56 bits per heavy atom. The highest BCUT2D eigenvalue weighted by molar-refractivity contribution is 5.75. The van der Waals surface area contributed by atoms with E-state index < -0.39 is 11.0 Å². The van der Waals surface area contributed by atoms with Gasteiger partial charge in [-0.1, -0.05) is 19.1 Å². The van der Waals surface area contributed by atoms with Crippen molar-refractivity contribution in [3.63, 3.8) is 0 Å². The number of carbonyl (C=O) groups is 1. The first-order valence-corrected chi connectivity index (χ1v) is 5.63. The number of methoxy groups -OCH3 is 1. The second-order valence-corrected chi connectivity index (χ2v) is 3.79. The molecule has 18 heavy (non-hydrogen) atoms. The molecule has 0 spiro atoms. The Bertz CT molecular complexity index is 434. The standard InChI is InChI=1S/C12H16N2O4/c1-3-11(12(15)18-2)13-8-9-5-4-6-10(7-9)14(16)17/h4-7,11,13H,3,8H2,1-2H3. The largest absolute Gasteiger partial charge is 0.468 e. The molecule has 1 N–H and O–H groups in total. The number of hydrogen-bond acceptors (Lipinski definition) is 5. The number of nitrogens with one attached hydrogen (secondary N) is 1. The number of nitro groups is 1. The number of ether oxygens (including phenoxy) is 1. The molecule has 0 amide bonds. The van der Waals surface area contributed by atoms with Gasteiger partial charge in [-0.2, -0.15) is 0 Å². The molecule has 1 aromatic rings. The Morgan fingerprint density at radius 3 is 2.83 bits per heavy atom. The Balaban J connectivity index is 2.65. The van der Waals surface area contributed by atoms with Crippen LogP contribution in [0.2, 0.25) is 0 Å². The van der Waals surface area contributed by atoms with E-state index >= 15 is 0 Å². The van der Waals surface area contributed by atoms with Gasteiger partial charge in [0.2, 0.25) is 0 Å². The van der Waals surface area contributed by atoms with Crippen molar-refractivity contribution in [2.24, 2.45) is 0 Å². The van der Waals surface area contributed by atoms with Crippen molar-refractivity contribution in [3.05, 3.63) is 39.9 Å². The molecule has 1 rings (SSSR count). The van der Waals surface area contributed by atoms with Crippen molar-refractivity contribution >= 4 is 11.7 Å². The summed E-state index contributed by atoms with van der Waals surface area (Å²) in [6.45, 7) is 2.25. The first-order chi connectivity index (χ1) is 8.58. The topological polar surface area (TPSA) is 81.5 Å². The molecule has 0 aromatic heterocycles. The van der Waals surface area contributed by atoms with Crippen molar-refractivity contribution in [2.45, 2.75) is 25.9 Å². The van der Waals surface area contributed by atoms with Gasteiger partial charge in [-0.3, -0.25) is 14.9 Å². The lowest BCUT2D eigenvalue weighted by Crippen LogP contribution is -2.36. The minimum absolute atomic E-state index is 0.0421. The molecule has 6 heteroatoms. The molecular formula is C12H16N2O4. The van der Waals surface area contributed by atoms with E-state index in [1.807, 2.05) is 6.92 Å². The third kappa shape index (κ3) is 3.81. The predicted molar refractivity (Wildman–Crippen MR) is 66.0 cm³/mol. The second kappa shape index (κ2) is 6.70. The van der Waals surface area contributed by atoms with Gasteiger partial charge in [-0.25, -0.2) is 0 Å². The van der Waals surface area contributed by atoms with Crippen molar-refractivity contribution in [3.8, 4) is 0 Å². The normalized spacial score (nSPS) is 11.9. The molecule has 0 aliphatic heterocycles. The average molecular weight is 252 g/mol. The minimum Gasteiger partial charge on any atom is -0.468 e. The van der Waals surface area contributed by atoms with Gasteiger partial charge in [0.1, 0.15) is 6.04 Å². The van der Waals surface area contributed by atoms with Crippen LogP contribution in [0.25, 0.3) is 0 Å². The fraction of sp³-hybridized carbons (Fsp3) is 0.417. The van der Waals surface area contributed by atoms with Crippen molar-refractivity contribution < 1.29 is 14.5 Å². The molecular weight excluding hydrogens is 236 g/mol. The van der Waals surface area contributed by atoms with Crippen LogP contribution in [0.15, 0.2) is 24.3 Å². The summed E-state index contributed by atoms with van der Waals surface area (Å²) in [5, 5.41) is 13.6. The molecule has 0 aliphatic rings. The van der Waals surface area contributed by atoms with Crippen LogP contribution in [0.4, 0.5) is 5.69 Å². The Labute approximate surface area is 105 Å². The van der Waals surface area contributed by atoms with Crippen LogP contribution in [-0.4, -0.2) is 24.0 Å². The van der Waals surface area contributed by atoms with E-state index in [-0.39, 0.29) is 11.7 Å². The van der Waals surface area contributed by atoms with E-state index in [0.29, 0.717) is 13.0 Å². The van der Waals surface area contributed by atoms with Gasteiger partial charge in [0, 0.05) is 18.7 Å². The van der Waals surface area contributed by atoms with Gasteiger partial charge in [0.05, 0.1) is 12.0 Å². The molecule has 1 unspecified atom stereocenters. The van der Waals surface area contributed by atoms with Gasteiger partial charge in [-0.05, 0) is 12.0 Å². The summed E-state index contributed by atoms with van der Waals surface area (Å²) in [5.41, 5.74) is 0.798. The molecule has 0 bridgehead atoms. The molecule has 1 aromatic carbocycles. The number of benzene rings is 1. The Morgan fingerprint density at radius 2 is 2.28 bits per heavy atom. The van der Waals surface area contributed by atoms with Crippen LogP contribution >= 0.6 is 0 Å². The fourth-order valence-electron chi connectivity index (χ4n) is 1.56. The highest BCUT2D eigenvalue weighted by atomic mass is 16.6. The lowest BCUT2D eigenvalue weighted by atomic mass is 10.1. The summed E-state index contributed by atoms with van der Waals surface area (Å²) in [4.78, 5) is 21.5. The molecule has 98 valence electrons. The summed E-state index contributed by atoms with van der Waals surface area (Å²) in [7, 11) is 1.33. The van der Waals surface area contributed by atoms with Crippen molar-refractivity contribution in [1.82, 2.24) is 5.32 Å². The molecule has 0 fully saturated rings. The maximum absolute atomic E-state index is 11.3. The average Bonchev–Trinajstić information content (AvgIpc) is 2.39. The van der Waals surface area contributed by atoms with E-state index in [0.717, 1.165) is 5.56 Å². The zero-order chi connectivity index (χ0) is 13.5. The van der Waals surface area contributed by atoms with E-state index in [9.17, 15) is 14.9 Å². The van der Waals surface area contributed by atoms with E-state index in [1.165, 1.54) is 19.2 Å². The smallest absolute Gasteiger partial charge is 0.322 e. The predicted octanol–water partition coefficient (Wildman–Crippen LogP) is 1.64. The van der Waals surface area contributed by atoms with Gasteiger partial charge >= 0.3 is 5.97 Å². The molecule has 0 heterocycles. The zero-order valence-corrected chi connectivity index (χ0v) is 10.4. The minimum atomic E-state index is -0.443. The lowest BCUT2D eigenvalue weighted by Gasteiger charge is -2.14. The van der Waals surface area contributed by atoms with E-state index in [1.54, 1.807) is 12.1 Å². The monoisotopic (exact) mass is 252 g/mol. The Hall–Kier alpha value is -1.95. The van der Waals surface area contributed by atoms with Gasteiger partial charge in [0.25, 0.3) is 5.69 Å². The molecule has 1 atom stereocenters. The summed E-state index contributed by atoms with van der Waals surface area (Å²) in [6.07, 6.45) is 0.599. The number of hydrogen-bond donors (Lipinski definition) is 1. The van der Waals surface area contributed by atoms with Gasteiger partial charge in [-0.15, -0.1) is 0 Å².